The van der Waals surface area contributed by atoms with E-state index in [2.05, 4.69) is 10.5 Å². The number of aliphatic carboxylic acids is 1. The summed E-state index contributed by atoms with van der Waals surface area (Å²) in [4.78, 5) is 30.2. The van der Waals surface area contributed by atoms with Crippen molar-refractivity contribution >= 4 is 40.3 Å². The molecule has 20 heavy (non-hydrogen) atoms. The molecular weight excluding hydrogens is 296 g/mol. The van der Waals surface area contributed by atoms with E-state index in [-0.39, 0.29) is 16.4 Å². The Balaban J connectivity index is 3.29. The first-order valence-electron chi connectivity index (χ1n) is 4.90. The maximum Gasteiger partial charge on any atom is 0.351 e. The molecule has 0 atom stereocenters. The lowest BCUT2D eigenvalue weighted by Gasteiger charge is -2.04. The Morgan fingerprint density at radius 3 is 2.30 bits per heavy atom. The molecule has 0 unspecified atom stereocenters. The van der Waals surface area contributed by atoms with Gasteiger partial charge in [-0.15, -0.1) is 0 Å². The van der Waals surface area contributed by atoms with Gasteiger partial charge < -0.3 is 5.11 Å². The van der Waals surface area contributed by atoms with E-state index in [9.17, 15) is 25.0 Å². The van der Waals surface area contributed by atoms with Gasteiger partial charge >= 0.3 is 11.7 Å². The Labute approximate surface area is 116 Å². The lowest BCUT2D eigenvalue weighted by Crippen LogP contribution is -2.10. The number of nitrogens with one attached hydrogen (secondary N) is 1. The van der Waals surface area contributed by atoms with Crippen molar-refractivity contribution in [1.29, 1.82) is 0 Å². The van der Waals surface area contributed by atoms with Crippen molar-refractivity contribution in [2.75, 3.05) is 5.43 Å². The van der Waals surface area contributed by atoms with Gasteiger partial charge in [0.15, 0.2) is 0 Å². The Kier molecular flexibility index (Phi) is 4.54. The number of carboxylic acids is 1. The molecule has 0 aliphatic heterocycles. The van der Waals surface area contributed by atoms with Crippen LogP contribution in [0.15, 0.2) is 17.2 Å². The number of hydrogen-bond acceptors (Lipinski definition) is 7. The number of halogens is 1. The van der Waals surface area contributed by atoms with Gasteiger partial charge in [0.2, 0.25) is 0 Å². The fraction of sp³-hybridized carbons (Fsp3) is 0.111. The first-order valence-corrected chi connectivity index (χ1v) is 5.27. The largest absolute Gasteiger partial charge is 0.477 e. The Bertz CT molecular complexity index is 629. The summed E-state index contributed by atoms with van der Waals surface area (Å²) in [5, 5.41) is 33.1. The fourth-order valence-corrected chi connectivity index (χ4v) is 1.36. The summed E-state index contributed by atoms with van der Waals surface area (Å²) in [6, 6.07) is 1.59. The average molecular weight is 303 g/mol. The lowest BCUT2D eigenvalue weighted by molar-refractivity contribution is -0.393. The van der Waals surface area contributed by atoms with Crippen molar-refractivity contribution in [3.63, 3.8) is 0 Å². The third kappa shape index (κ3) is 3.38. The molecule has 0 fully saturated rings. The lowest BCUT2D eigenvalue weighted by atomic mass is 10.2. The highest BCUT2D eigenvalue weighted by atomic mass is 35.5. The van der Waals surface area contributed by atoms with Gasteiger partial charge in [0, 0.05) is 0 Å². The van der Waals surface area contributed by atoms with Crippen molar-refractivity contribution in [1.82, 2.24) is 0 Å². The molecule has 0 amide bonds. The molecule has 0 heterocycles. The smallest absolute Gasteiger partial charge is 0.351 e. The summed E-state index contributed by atoms with van der Waals surface area (Å²) < 4.78 is 0. The SMILES string of the molecule is CC(=NNc1cc(Cl)c([N+](=O)[O-])cc1[N+](=O)[O-])C(=O)O. The van der Waals surface area contributed by atoms with Crippen LogP contribution in [0.3, 0.4) is 0 Å². The molecule has 11 heteroatoms. The van der Waals surface area contributed by atoms with Crippen LogP contribution in [0.5, 0.6) is 0 Å². The molecule has 0 saturated carbocycles. The first kappa shape index (κ1) is 15.3. The molecule has 0 spiro atoms. The highest BCUT2D eigenvalue weighted by molar-refractivity contribution is 6.34. The van der Waals surface area contributed by atoms with E-state index in [4.69, 9.17) is 16.7 Å². The number of hydrogen-bond donors (Lipinski definition) is 2. The molecule has 0 bridgehead atoms. The summed E-state index contributed by atoms with van der Waals surface area (Å²) in [6.07, 6.45) is 0. The number of nitro groups is 2. The van der Waals surface area contributed by atoms with E-state index < -0.39 is 27.2 Å². The van der Waals surface area contributed by atoms with E-state index >= 15 is 0 Å². The maximum absolute atomic E-state index is 10.8. The molecule has 10 nitrogen and oxygen atoms in total. The Hall–Kier alpha value is -2.75. The Morgan fingerprint density at radius 1 is 1.30 bits per heavy atom. The van der Waals surface area contributed by atoms with Crippen LogP contribution in [-0.2, 0) is 4.79 Å². The molecule has 0 aromatic heterocycles. The minimum absolute atomic E-state index is 0.258. The molecule has 0 aliphatic rings. The van der Waals surface area contributed by atoms with Gasteiger partial charge in [0.1, 0.15) is 16.4 Å². The summed E-state index contributed by atoms with van der Waals surface area (Å²) >= 11 is 5.61. The van der Waals surface area contributed by atoms with E-state index in [0.29, 0.717) is 6.07 Å². The maximum atomic E-state index is 10.8. The number of benzene rings is 1. The molecule has 0 saturated heterocycles. The third-order valence-corrected chi connectivity index (χ3v) is 2.41. The standard InChI is InChI=1S/C9H7ClN4O6/c1-4(9(15)16)11-12-6-2-5(10)7(13(17)18)3-8(6)14(19)20/h2-3,12H,1H3,(H,15,16). The average Bonchev–Trinajstić information content (AvgIpc) is 2.34. The summed E-state index contributed by atoms with van der Waals surface area (Å²) in [7, 11) is 0. The van der Waals surface area contributed by atoms with Crippen LogP contribution >= 0.6 is 11.6 Å². The number of carboxylic acid groups (broad SMARTS) is 1. The zero-order valence-electron chi connectivity index (χ0n) is 9.86. The molecular formula is C9H7ClN4O6. The van der Waals surface area contributed by atoms with Crippen LogP contribution in [0.25, 0.3) is 0 Å². The highest BCUT2D eigenvalue weighted by Crippen LogP contribution is 2.35. The molecule has 2 N–H and O–H groups in total. The van der Waals surface area contributed by atoms with Crippen molar-refractivity contribution in [2.45, 2.75) is 6.92 Å². The van der Waals surface area contributed by atoms with Crippen molar-refractivity contribution < 1.29 is 19.7 Å². The minimum atomic E-state index is -1.33. The highest BCUT2D eigenvalue weighted by Gasteiger charge is 2.23. The van der Waals surface area contributed by atoms with Crippen molar-refractivity contribution in [2.24, 2.45) is 5.10 Å². The van der Waals surface area contributed by atoms with E-state index in [1.165, 1.54) is 0 Å². The van der Waals surface area contributed by atoms with Crippen LogP contribution in [0.4, 0.5) is 17.1 Å². The second-order valence-electron chi connectivity index (χ2n) is 3.45. The quantitative estimate of drug-likeness (QED) is 0.480. The fourth-order valence-electron chi connectivity index (χ4n) is 1.12. The summed E-state index contributed by atoms with van der Waals surface area (Å²) in [6.45, 7) is 1.16. The van der Waals surface area contributed by atoms with Gasteiger partial charge in [-0.05, 0) is 13.0 Å². The van der Waals surface area contributed by atoms with Gasteiger partial charge in [-0.2, -0.15) is 5.10 Å². The Morgan fingerprint density at radius 2 is 1.85 bits per heavy atom. The molecule has 1 rings (SSSR count). The number of carbonyl (C=O) groups is 1. The predicted octanol–water partition coefficient (Wildman–Crippen LogP) is 2.03. The van der Waals surface area contributed by atoms with E-state index in [1.807, 2.05) is 0 Å². The number of rotatable bonds is 5. The van der Waals surface area contributed by atoms with Crippen LogP contribution < -0.4 is 5.43 Å². The number of nitrogens with zero attached hydrogens (tertiary/aromatic N) is 3. The molecule has 106 valence electrons. The molecule has 1 aromatic carbocycles. The second-order valence-corrected chi connectivity index (χ2v) is 3.86. The first-order chi connectivity index (χ1) is 9.23. The zero-order valence-corrected chi connectivity index (χ0v) is 10.6. The molecule has 0 aliphatic carbocycles. The number of anilines is 1. The minimum Gasteiger partial charge on any atom is -0.477 e. The van der Waals surface area contributed by atoms with Crippen LogP contribution in [0.1, 0.15) is 6.92 Å². The topological polar surface area (TPSA) is 148 Å². The van der Waals surface area contributed by atoms with E-state index in [1.54, 1.807) is 0 Å². The molecule has 0 radical (unpaired) electrons. The zero-order chi connectivity index (χ0) is 15.4. The van der Waals surface area contributed by atoms with Crippen molar-refractivity contribution in [3.8, 4) is 0 Å². The van der Waals surface area contributed by atoms with Crippen LogP contribution in [0.2, 0.25) is 5.02 Å². The predicted molar refractivity (Wildman–Crippen MR) is 69.1 cm³/mol. The van der Waals surface area contributed by atoms with Gasteiger partial charge in [-0.25, -0.2) is 4.79 Å². The van der Waals surface area contributed by atoms with Crippen LogP contribution in [0, 0.1) is 20.2 Å². The van der Waals surface area contributed by atoms with Crippen LogP contribution in [-0.4, -0.2) is 26.6 Å². The van der Waals surface area contributed by atoms with Gasteiger partial charge in [-0.1, -0.05) is 11.6 Å². The van der Waals surface area contributed by atoms with Gasteiger partial charge in [0.05, 0.1) is 15.9 Å². The second kappa shape index (κ2) is 5.93. The third-order valence-electron chi connectivity index (χ3n) is 2.11. The monoisotopic (exact) mass is 302 g/mol. The van der Waals surface area contributed by atoms with E-state index in [0.717, 1.165) is 13.0 Å². The summed E-state index contributed by atoms with van der Waals surface area (Å²) in [5.41, 5.74) is 0.244. The van der Waals surface area contributed by atoms with Gasteiger partial charge in [0.25, 0.3) is 5.69 Å². The normalized spacial score (nSPS) is 11.0. The van der Waals surface area contributed by atoms with Gasteiger partial charge in [-0.3, -0.25) is 25.7 Å². The number of nitro benzene ring substituents is 2. The summed E-state index contributed by atoms with van der Waals surface area (Å²) in [5.74, 6) is -1.33. The number of hydrazone groups is 1. The molecule has 1 aromatic rings. The van der Waals surface area contributed by atoms with Crippen molar-refractivity contribution in [3.05, 3.63) is 37.4 Å².